The quantitative estimate of drug-likeness (QED) is 0.141. The number of ketones is 1. The molecular weight excluding hydrogens is 719 g/mol. The summed E-state index contributed by atoms with van der Waals surface area (Å²) in [6, 6.07) is 16.9. The van der Waals surface area contributed by atoms with Crippen LogP contribution < -0.4 is 0 Å². The van der Waals surface area contributed by atoms with Gasteiger partial charge in [-0.05, 0) is 65.9 Å². The zero-order valence-corrected chi connectivity index (χ0v) is 31.5. The standard InChI is InChI=1S/C27H32N.C13H24O2.Ir/c1-25(2,3)21-15-19(14-18-10-8-9-11-20(18)21)24-16-22-23(17-28-24)27(6,7)13-12-26(22,4)5;1-5-10(6-2)12(14)9-13(15)11(7-3)8-4;/h8-11,15-17H,12-13H2,1-7H3;9-11,14H,5-8H2,1-4H3;/q-1;;/b;12-9-;. The molecule has 243 valence electrons. The van der Waals surface area contributed by atoms with Crippen molar-refractivity contribution < 1.29 is 30.0 Å². The van der Waals surface area contributed by atoms with Crippen LogP contribution in [0.15, 0.2) is 54.4 Å². The fourth-order valence-electron chi connectivity index (χ4n) is 6.36. The largest absolute Gasteiger partial charge is 0.512 e. The number of rotatable bonds is 8. The second kappa shape index (κ2) is 15.3. The normalized spacial score (nSPS) is 15.8. The third-order valence-corrected chi connectivity index (χ3v) is 9.68. The predicted molar refractivity (Wildman–Crippen MR) is 184 cm³/mol. The van der Waals surface area contributed by atoms with Gasteiger partial charge < -0.3 is 5.11 Å². The van der Waals surface area contributed by atoms with E-state index in [0.717, 1.165) is 36.9 Å². The third kappa shape index (κ3) is 8.70. The number of aliphatic hydroxyl groups excluding tert-OH is 1. The van der Waals surface area contributed by atoms with E-state index in [1.807, 2.05) is 27.7 Å². The van der Waals surface area contributed by atoms with Gasteiger partial charge in [-0.1, -0.05) is 111 Å². The maximum Gasteiger partial charge on any atom is 0.162 e. The minimum Gasteiger partial charge on any atom is -0.512 e. The first kappa shape index (κ1) is 37.9. The van der Waals surface area contributed by atoms with E-state index in [2.05, 4.69) is 97.1 Å². The van der Waals surface area contributed by atoms with E-state index in [-0.39, 0.29) is 59.7 Å². The number of aromatic nitrogens is 1. The molecule has 0 amide bonds. The Kier molecular flexibility index (Phi) is 13.2. The van der Waals surface area contributed by atoms with Crippen molar-refractivity contribution >= 4 is 16.6 Å². The van der Waals surface area contributed by atoms with Gasteiger partial charge in [-0.3, -0.25) is 9.78 Å². The number of hydrogen-bond acceptors (Lipinski definition) is 3. The van der Waals surface area contributed by atoms with Gasteiger partial charge in [0.1, 0.15) is 0 Å². The van der Waals surface area contributed by atoms with Gasteiger partial charge in [-0.25, -0.2) is 0 Å². The van der Waals surface area contributed by atoms with Crippen LogP contribution in [0.4, 0.5) is 0 Å². The predicted octanol–water partition coefficient (Wildman–Crippen LogP) is 11.2. The van der Waals surface area contributed by atoms with E-state index >= 15 is 0 Å². The summed E-state index contributed by atoms with van der Waals surface area (Å²) < 4.78 is 0. The number of carbonyl (C=O) groups excluding carboxylic acids is 1. The van der Waals surface area contributed by atoms with Gasteiger partial charge in [-0.2, -0.15) is 0 Å². The van der Waals surface area contributed by atoms with Crippen LogP contribution in [0.1, 0.15) is 131 Å². The first-order chi connectivity index (χ1) is 20.1. The molecule has 4 heteroatoms. The molecule has 1 N–H and O–H groups in total. The molecule has 0 saturated carbocycles. The summed E-state index contributed by atoms with van der Waals surface area (Å²) >= 11 is 0. The van der Waals surface area contributed by atoms with Crippen molar-refractivity contribution in [1.29, 1.82) is 0 Å². The number of aliphatic hydroxyl groups is 1. The van der Waals surface area contributed by atoms with Gasteiger partial charge in [0.05, 0.1) is 5.76 Å². The molecular formula is C40H56IrNO2-. The molecule has 0 spiro atoms. The summed E-state index contributed by atoms with van der Waals surface area (Å²) in [5.74, 6) is 0.547. The molecule has 4 rings (SSSR count). The van der Waals surface area contributed by atoms with Crippen LogP contribution in [0.5, 0.6) is 0 Å². The number of nitrogens with zero attached hydrogens (tertiary/aromatic N) is 1. The first-order valence-corrected chi connectivity index (χ1v) is 16.5. The molecule has 0 aliphatic heterocycles. The Morgan fingerprint density at radius 3 is 2.00 bits per heavy atom. The number of fused-ring (bicyclic) bond motifs is 2. The summed E-state index contributed by atoms with van der Waals surface area (Å²) in [6.07, 6.45) is 9.46. The maximum absolute atomic E-state index is 11.7. The molecule has 2 aromatic carbocycles. The number of allylic oxidation sites excluding steroid dienone is 2. The van der Waals surface area contributed by atoms with Crippen molar-refractivity contribution in [1.82, 2.24) is 4.98 Å². The van der Waals surface area contributed by atoms with Gasteiger partial charge in [0.2, 0.25) is 0 Å². The molecule has 0 unspecified atom stereocenters. The Hall–Kier alpha value is -2.29. The number of benzene rings is 2. The molecule has 1 heterocycles. The smallest absolute Gasteiger partial charge is 0.162 e. The van der Waals surface area contributed by atoms with Crippen LogP contribution in [-0.4, -0.2) is 15.9 Å². The molecule has 3 nitrogen and oxygen atoms in total. The van der Waals surface area contributed by atoms with Crippen molar-refractivity contribution in [3.05, 3.63) is 77.2 Å². The van der Waals surface area contributed by atoms with Gasteiger partial charge >= 0.3 is 0 Å². The topological polar surface area (TPSA) is 50.2 Å². The second-order valence-corrected chi connectivity index (χ2v) is 14.8. The molecule has 3 aromatic rings. The molecule has 1 aliphatic rings. The first-order valence-electron chi connectivity index (χ1n) is 16.5. The maximum atomic E-state index is 11.7. The van der Waals surface area contributed by atoms with E-state index in [9.17, 15) is 9.90 Å². The van der Waals surface area contributed by atoms with Crippen LogP contribution in [-0.2, 0) is 41.1 Å². The Bertz CT molecular complexity index is 1440. The van der Waals surface area contributed by atoms with E-state index in [0.29, 0.717) is 0 Å². The fraction of sp³-hybridized carbons (Fsp3) is 0.550. The molecule has 1 aliphatic carbocycles. The van der Waals surface area contributed by atoms with Crippen LogP contribution in [0.3, 0.4) is 0 Å². The fourth-order valence-corrected chi connectivity index (χ4v) is 6.36. The minimum absolute atomic E-state index is 0. The van der Waals surface area contributed by atoms with E-state index in [1.165, 1.54) is 46.4 Å². The Balaban J connectivity index is 0.000000363. The number of pyridine rings is 1. The van der Waals surface area contributed by atoms with Crippen molar-refractivity contribution in [2.24, 2.45) is 11.8 Å². The molecule has 1 radical (unpaired) electrons. The van der Waals surface area contributed by atoms with Crippen LogP contribution in [0.25, 0.3) is 22.0 Å². The van der Waals surface area contributed by atoms with Crippen molar-refractivity contribution in [3.8, 4) is 11.3 Å². The Labute approximate surface area is 281 Å². The van der Waals surface area contributed by atoms with Crippen molar-refractivity contribution in [3.63, 3.8) is 0 Å². The van der Waals surface area contributed by atoms with E-state index in [4.69, 9.17) is 4.98 Å². The Morgan fingerprint density at radius 2 is 1.45 bits per heavy atom. The molecule has 0 atom stereocenters. The van der Waals surface area contributed by atoms with Gasteiger partial charge in [0.25, 0.3) is 0 Å². The summed E-state index contributed by atoms with van der Waals surface area (Å²) in [6.45, 7) is 24.4. The monoisotopic (exact) mass is 775 g/mol. The van der Waals surface area contributed by atoms with Gasteiger partial charge in [0.15, 0.2) is 5.78 Å². The number of hydrogen-bond donors (Lipinski definition) is 1. The van der Waals surface area contributed by atoms with E-state index < -0.39 is 0 Å². The summed E-state index contributed by atoms with van der Waals surface area (Å²) in [5, 5.41) is 12.2. The molecule has 1 aromatic heterocycles. The molecule has 0 bridgehead atoms. The molecule has 0 fully saturated rings. The van der Waals surface area contributed by atoms with Gasteiger partial charge in [-0.15, -0.1) is 29.1 Å². The van der Waals surface area contributed by atoms with Crippen LogP contribution in [0.2, 0.25) is 0 Å². The van der Waals surface area contributed by atoms with Crippen molar-refractivity contribution in [2.75, 3.05) is 0 Å². The average Bonchev–Trinajstić information content (AvgIpc) is 2.96. The van der Waals surface area contributed by atoms with Crippen LogP contribution in [0, 0.1) is 17.9 Å². The summed E-state index contributed by atoms with van der Waals surface area (Å²) in [4.78, 5) is 16.6. The second-order valence-electron chi connectivity index (χ2n) is 14.8. The van der Waals surface area contributed by atoms with Crippen LogP contribution >= 0.6 is 0 Å². The average molecular weight is 775 g/mol. The van der Waals surface area contributed by atoms with Crippen molar-refractivity contribution in [2.45, 2.75) is 131 Å². The Morgan fingerprint density at radius 1 is 0.909 bits per heavy atom. The molecule has 0 saturated heterocycles. The zero-order valence-electron chi connectivity index (χ0n) is 29.2. The van der Waals surface area contributed by atoms with Gasteiger partial charge in [0, 0.05) is 49.9 Å². The summed E-state index contributed by atoms with van der Waals surface area (Å²) in [7, 11) is 0. The third-order valence-electron chi connectivity index (χ3n) is 9.68. The summed E-state index contributed by atoms with van der Waals surface area (Å²) in [5.41, 5.74) is 6.81. The molecule has 44 heavy (non-hydrogen) atoms. The SMILES string of the molecule is CC(C)(C)c1cc(-c2cc3c(cn2)C(C)(C)CCC3(C)C)[c-]c2ccccc12.CCC(CC)C(=O)/C=C(\O)C(CC)CC.[Ir]. The van der Waals surface area contributed by atoms with E-state index in [1.54, 1.807) is 0 Å². The number of carbonyl (C=O) groups is 1. The minimum atomic E-state index is 0. The zero-order chi connectivity index (χ0) is 32.2.